The molecule has 1 aliphatic carbocycles. The Bertz CT molecular complexity index is 506. The first-order chi connectivity index (χ1) is 8.97. The summed E-state index contributed by atoms with van der Waals surface area (Å²) < 4.78 is 0. The molecule has 2 rings (SSSR count). The first-order valence-corrected chi connectivity index (χ1v) is 6.51. The molecule has 1 aromatic carbocycles. The van der Waals surface area contributed by atoms with Crippen molar-refractivity contribution < 1.29 is 14.7 Å². The lowest BCUT2D eigenvalue weighted by Crippen LogP contribution is -2.39. The Morgan fingerprint density at radius 1 is 1.32 bits per heavy atom. The first kappa shape index (κ1) is 13.6. The van der Waals surface area contributed by atoms with Crippen LogP contribution in [0.2, 0.25) is 0 Å². The number of aryl methyl sites for hydroxylation is 1. The maximum absolute atomic E-state index is 12.1. The lowest BCUT2D eigenvalue weighted by molar-refractivity contribution is -0.152. The van der Waals surface area contributed by atoms with Crippen molar-refractivity contribution in [1.82, 2.24) is 4.90 Å². The number of nitrogens with zero attached hydrogens (tertiary/aromatic N) is 1. The van der Waals surface area contributed by atoms with Crippen molar-refractivity contribution in [3.63, 3.8) is 0 Å². The summed E-state index contributed by atoms with van der Waals surface area (Å²) in [5, 5.41) is 9.10. The van der Waals surface area contributed by atoms with E-state index in [0.29, 0.717) is 19.4 Å². The molecule has 0 atom stereocenters. The summed E-state index contributed by atoms with van der Waals surface area (Å²) in [4.78, 5) is 24.8. The highest BCUT2D eigenvalue weighted by molar-refractivity contribution is 6.04. The normalized spacial score (nSPS) is 15.9. The molecular weight excluding hydrogens is 242 g/mol. The summed E-state index contributed by atoms with van der Waals surface area (Å²) in [5.74, 6) is -1.24. The Labute approximate surface area is 113 Å². The molecule has 0 saturated heterocycles. The second kappa shape index (κ2) is 5.03. The van der Waals surface area contributed by atoms with E-state index in [9.17, 15) is 9.59 Å². The summed E-state index contributed by atoms with van der Waals surface area (Å²) in [6.07, 6.45) is 1.69. The van der Waals surface area contributed by atoms with Crippen LogP contribution < -0.4 is 0 Å². The minimum Gasteiger partial charge on any atom is -0.480 e. The molecule has 1 saturated carbocycles. The van der Waals surface area contributed by atoms with Gasteiger partial charge in [0.25, 0.3) is 0 Å². The molecule has 4 heteroatoms. The number of carboxylic acid groups (broad SMARTS) is 1. The molecular formula is C15H19NO3. The molecule has 1 fully saturated rings. The summed E-state index contributed by atoms with van der Waals surface area (Å²) in [5.41, 5.74) is 1.27. The van der Waals surface area contributed by atoms with Crippen LogP contribution in [-0.2, 0) is 16.0 Å². The summed E-state index contributed by atoms with van der Waals surface area (Å²) in [6.45, 7) is 2.59. The molecule has 1 aromatic rings. The van der Waals surface area contributed by atoms with Crippen molar-refractivity contribution in [3.8, 4) is 0 Å². The number of carbonyl (C=O) groups excluding carboxylic acids is 1. The van der Waals surface area contributed by atoms with Crippen molar-refractivity contribution in [2.45, 2.75) is 26.2 Å². The van der Waals surface area contributed by atoms with Crippen LogP contribution in [0.25, 0.3) is 0 Å². The maximum atomic E-state index is 12.1. The zero-order valence-corrected chi connectivity index (χ0v) is 11.3. The first-order valence-electron chi connectivity index (χ1n) is 6.51. The van der Waals surface area contributed by atoms with E-state index in [2.05, 4.69) is 0 Å². The van der Waals surface area contributed by atoms with Gasteiger partial charge in [-0.25, -0.2) is 0 Å². The monoisotopic (exact) mass is 261 g/mol. The fraction of sp³-hybridized carbons (Fsp3) is 0.467. The highest BCUT2D eigenvalue weighted by Gasteiger charge is 2.58. The topological polar surface area (TPSA) is 57.6 Å². The molecule has 1 N–H and O–H groups in total. The lowest BCUT2D eigenvalue weighted by Gasteiger charge is -2.21. The number of carboxylic acids is 1. The second-order valence-electron chi connectivity index (χ2n) is 5.29. The number of amides is 1. The third-order valence-electron chi connectivity index (χ3n) is 3.89. The average molecular weight is 261 g/mol. The van der Waals surface area contributed by atoms with E-state index in [-0.39, 0.29) is 5.91 Å². The smallest absolute Gasteiger partial charge is 0.319 e. The molecule has 1 amide bonds. The summed E-state index contributed by atoms with van der Waals surface area (Å²) >= 11 is 0. The van der Waals surface area contributed by atoms with E-state index >= 15 is 0 Å². The van der Waals surface area contributed by atoms with Gasteiger partial charge in [-0.2, -0.15) is 0 Å². The van der Waals surface area contributed by atoms with Crippen LogP contribution in [0.1, 0.15) is 24.0 Å². The molecule has 1 aliphatic rings. The molecule has 19 heavy (non-hydrogen) atoms. The molecule has 4 nitrogen and oxygen atoms in total. The van der Waals surface area contributed by atoms with Crippen LogP contribution in [0.15, 0.2) is 24.3 Å². The number of hydrogen-bond donors (Lipinski definition) is 1. The Morgan fingerprint density at radius 3 is 2.47 bits per heavy atom. The van der Waals surface area contributed by atoms with Crippen LogP contribution in [-0.4, -0.2) is 35.5 Å². The minimum atomic E-state index is -1.12. The van der Waals surface area contributed by atoms with Gasteiger partial charge in [0.1, 0.15) is 5.41 Å². The van der Waals surface area contributed by atoms with Crippen LogP contribution in [0.4, 0.5) is 0 Å². The van der Waals surface area contributed by atoms with Gasteiger partial charge < -0.3 is 10.0 Å². The number of likely N-dealkylation sites (N-methyl/N-ethyl adjacent to an activating group) is 1. The number of rotatable bonds is 5. The van der Waals surface area contributed by atoms with Crippen molar-refractivity contribution in [1.29, 1.82) is 0 Å². The van der Waals surface area contributed by atoms with Gasteiger partial charge in [0.2, 0.25) is 5.91 Å². The fourth-order valence-electron chi connectivity index (χ4n) is 2.29. The average Bonchev–Trinajstić information content (AvgIpc) is 3.18. The molecule has 0 spiro atoms. The van der Waals surface area contributed by atoms with Gasteiger partial charge in [-0.1, -0.05) is 24.3 Å². The molecule has 0 aromatic heterocycles. The van der Waals surface area contributed by atoms with E-state index in [1.807, 2.05) is 31.2 Å². The summed E-state index contributed by atoms with van der Waals surface area (Å²) in [6, 6.07) is 8.04. The Morgan fingerprint density at radius 2 is 1.95 bits per heavy atom. The maximum Gasteiger partial charge on any atom is 0.319 e. The zero-order valence-electron chi connectivity index (χ0n) is 11.3. The van der Waals surface area contributed by atoms with E-state index in [1.165, 1.54) is 11.1 Å². The predicted molar refractivity (Wildman–Crippen MR) is 71.8 cm³/mol. The number of aliphatic carboxylic acids is 1. The van der Waals surface area contributed by atoms with Crippen molar-refractivity contribution in [3.05, 3.63) is 35.4 Å². The van der Waals surface area contributed by atoms with Crippen LogP contribution in [0.3, 0.4) is 0 Å². The number of carbonyl (C=O) groups is 2. The Hall–Kier alpha value is -1.84. The van der Waals surface area contributed by atoms with Gasteiger partial charge in [-0.15, -0.1) is 0 Å². The van der Waals surface area contributed by atoms with Crippen LogP contribution >= 0.6 is 0 Å². The van der Waals surface area contributed by atoms with E-state index in [0.717, 1.165) is 6.42 Å². The third-order valence-corrected chi connectivity index (χ3v) is 3.89. The summed E-state index contributed by atoms with van der Waals surface area (Å²) in [7, 11) is 1.68. The standard InChI is InChI=1S/C15H19NO3/c1-11-5-3-4-6-12(11)7-10-16(2)13(17)15(8-9-15)14(18)19/h3-6H,7-10H2,1-2H3,(H,18,19). The number of hydrogen-bond acceptors (Lipinski definition) is 2. The SMILES string of the molecule is Cc1ccccc1CCN(C)C(=O)C1(C(=O)O)CC1. The van der Waals surface area contributed by atoms with Gasteiger partial charge >= 0.3 is 5.97 Å². The van der Waals surface area contributed by atoms with Crippen molar-refractivity contribution >= 4 is 11.9 Å². The number of benzene rings is 1. The van der Waals surface area contributed by atoms with Gasteiger partial charge in [0.05, 0.1) is 0 Å². The molecule has 0 aliphatic heterocycles. The van der Waals surface area contributed by atoms with Crippen molar-refractivity contribution in [2.75, 3.05) is 13.6 Å². The fourth-order valence-corrected chi connectivity index (χ4v) is 2.29. The largest absolute Gasteiger partial charge is 0.480 e. The molecule has 0 radical (unpaired) electrons. The van der Waals surface area contributed by atoms with Gasteiger partial charge in [0, 0.05) is 13.6 Å². The van der Waals surface area contributed by atoms with E-state index < -0.39 is 11.4 Å². The van der Waals surface area contributed by atoms with Crippen LogP contribution in [0.5, 0.6) is 0 Å². The zero-order chi connectivity index (χ0) is 14.0. The lowest BCUT2D eigenvalue weighted by atomic mass is 10.0. The predicted octanol–water partition coefficient (Wildman–Crippen LogP) is 1.86. The van der Waals surface area contributed by atoms with Gasteiger partial charge in [-0.05, 0) is 37.3 Å². The third kappa shape index (κ3) is 2.62. The minimum absolute atomic E-state index is 0.256. The highest BCUT2D eigenvalue weighted by atomic mass is 16.4. The second-order valence-corrected chi connectivity index (χ2v) is 5.29. The Kier molecular flexibility index (Phi) is 3.60. The highest BCUT2D eigenvalue weighted by Crippen LogP contribution is 2.47. The molecule has 0 heterocycles. The van der Waals surface area contributed by atoms with Crippen LogP contribution in [0, 0.1) is 12.3 Å². The molecule has 0 unspecified atom stereocenters. The van der Waals surface area contributed by atoms with E-state index in [1.54, 1.807) is 11.9 Å². The van der Waals surface area contributed by atoms with Gasteiger partial charge in [-0.3, -0.25) is 9.59 Å². The quantitative estimate of drug-likeness (QED) is 0.823. The molecule has 102 valence electrons. The van der Waals surface area contributed by atoms with Crippen molar-refractivity contribution in [2.24, 2.45) is 5.41 Å². The molecule has 0 bridgehead atoms. The van der Waals surface area contributed by atoms with E-state index in [4.69, 9.17) is 5.11 Å². The Balaban J connectivity index is 1.95. The van der Waals surface area contributed by atoms with Gasteiger partial charge in [0.15, 0.2) is 0 Å².